The molecule has 5 heteroatoms. The Hall–Kier alpha value is -0.580. The summed E-state index contributed by atoms with van der Waals surface area (Å²) in [5.74, 6) is 0. The highest BCUT2D eigenvalue weighted by atomic mass is 35.5. The van der Waals surface area contributed by atoms with Crippen LogP contribution in [0.2, 0.25) is 5.02 Å². The molecule has 4 nitrogen and oxygen atoms in total. The third-order valence-electron chi connectivity index (χ3n) is 5.03. The Balaban J connectivity index is 2.35. The zero-order valence-corrected chi connectivity index (χ0v) is 14.5. The number of hydrogen-bond donors (Lipinski definition) is 1. The van der Waals surface area contributed by atoms with E-state index < -0.39 is 0 Å². The van der Waals surface area contributed by atoms with E-state index in [0.717, 1.165) is 25.2 Å². The zero-order chi connectivity index (χ0) is 15.6. The molecular formula is C16H29ClN4. The van der Waals surface area contributed by atoms with E-state index in [1.165, 1.54) is 19.3 Å². The summed E-state index contributed by atoms with van der Waals surface area (Å²) >= 11 is 6.40. The van der Waals surface area contributed by atoms with Crippen LogP contribution in [-0.2, 0) is 0 Å². The number of likely N-dealkylation sites (tertiary alicyclic amines) is 1. The number of halogens is 1. The van der Waals surface area contributed by atoms with E-state index in [1.54, 1.807) is 6.20 Å². The van der Waals surface area contributed by atoms with Crippen molar-refractivity contribution in [1.29, 1.82) is 0 Å². The number of hydrogen-bond acceptors (Lipinski definition) is 3. The molecule has 0 aromatic carbocycles. The molecule has 2 unspecified atom stereocenters. The van der Waals surface area contributed by atoms with Crippen molar-refractivity contribution >= 4 is 11.6 Å². The Bertz CT molecular complexity index is 465. The quantitative estimate of drug-likeness (QED) is 0.900. The fourth-order valence-corrected chi connectivity index (χ4v) is 3.64. The number of nitrogens with two attached hydrogens (primary N) is 1. The molecule has 0 aliphatic carbocycles. The van der Waals surface area contributed by atoms with Gasteiger partial charge in [0, 0.05) is 11.6 Å². The van der Waals surface area contributed by atoms with Crippen LogP contribution in [0.25, 0.3) is 0 Å². The van der Waals surface area contributed by atoms with Gasteiger partial charge in [-0.25, -0.2) is 0 Å². The third-order valence-corrected chi connectivity index (χ3v) is 5.33. The molecule has 1 saturated heterocycles. The predicted molar refractivity (Wildman–Crippen MR) is 88.7 cm³/mol. The fraction of sp³-hybridized carbons (Fsp3) is 0.812. The molecule has 1 aromatic heterocycles. The van der Waals surface area contributed by atoms with Crippen molar-refractivity contribution in [3.63, 3.8) is 0 Å². The van der Waals surface area contributed by atoms with Crippen LogP contribution in [0.5, 0.6) is 0 Å². The molecule has 2 atom stereocenters. The fourth-order valence-electron chi connectivity index (χ4n) is 3.39. The maximum Gasteiger partial charge on any atom is 0.0834 e. The first-order valence-electron chi connectivity index (χ1n) is 8.15. The monoisotopic (exact) mass is 312 g/mol. The number of aromatic nitrogens is 2. The Kier molecular flexibility index (Phi) is 5.33. The predicted octanol–water partition coefficient (Wildman–Crippen LogP) is 3.77. The van der Waals surface area contributed by atoms with Crippen LogP contribution < -0.4 is 5.73 Å². The average Bonchev–Trinajstić information content (AvgIpc) is 2.88. The van der Waals surface area contributed by atoms with Gasteiger partial charge in [-0.2, -0.15) is 5.10 Å². The highest BCUT2D eigenvalue weighted by Crippen LogP contribution is 2.37. The van der Waals surface area contributed by atoms with Crippen LogP contribution in [-0.4, -0.2) is 33.3 Å². The molecular weight excluding hydrogens is 284 g/mol. The summed E-state index contributed by atoms with van der Waals surface area (Å²) in [5.41, 5.74) is 7.61. The molecule has 1 aromatic rings. The van der Waals surface area contributed by atoms with Gasteiger partial charge in [-0.1, -0.05) is 24.9 Å². The summed E-state index contributed by atoms with van der Waals surface area (Å²) in [6.07, 6.45) is 6.59. The largest absolute Gasteiger partial charge is 0.321 e. The summed E-state index contributed by atoms with van der Waals surface area (Å²) in [5, 5.41) is 5.10. The maximum absolute atomic E-state index is 6.71. The molecule has 0 spiro atoms. The average molecular weight is 313 g/mol. The van der Waals surface area contributed by atoms with Crippen molar-refractivity contribution < 1.29 is 0 Å². The second-order valence-corrected chi connectivity index (χ2v) is 7.06. The van der Waals surface area contributed by atoms with E-state index in [4.69, 9.17) is 17.3 Å². The van der Waals surface area contributed by atoms with Gasteiger partial charge in [0.1, 0.15) is 0 Å². The first-order valence-corrected chi connectivity index (χ1v) is 8.53. The smallest absolute Gasteiger partial charge is 0.0834 e. The van der Waals surface area contributed by atoms with Gasteiger partial charge in [0.25, 0.3) is 0 Å². The minimum Gasteiger partial charge on any atom is -0.321 e. The van der Waals surface area contributed by atoms with Gasteiger partial charge in [-0.15, -0.1) is 0 Å². The lowest BCUT2D eigenvalue weighted by Gasteiger charge is -2.47. The third kappa shape index (κ3) is 3.13. The molecule has 2 rings (SSSR count). The van der Waals surface area contributed by atoms with E-state index in [9.17, 15) is 0 Å². The van der Waals surface area contributed by atoms with Crippen LogP contribution in [0.4, 0.5) is 0 Å². The summed E-state index contributed by atoms with van der Waals surface area (Å²) in [6, 6.07) is 0.138. The Labute approximate surface area is 133 Å². The first-order chi connectivity index (χ1) is 9.91. The summed E-state index contributed by atoms with van der Waals surface area (Å²) in [4.78, 5) is 2.55. The summed E-state index contributed by atoms with van der Waals surface area (Å²) in [7, 11) is 0. The lowest BCUT2D eigenvalue weighted by Crippen LogP contribution is -2.55. The van der Waals surface area contributed by atoms with Crippen LogP contribution in [0, 0.1) is 0 Å². The highest BCUT2D eigenvalue weighted by molar-refractivity contribution is 6.31. The standard InChI is InChI=1S/C16H29ClN4/c1-5-16(4,20-9-7-6-8-10-20)15(18)14-13(17)11-19-21(14)12(2)3/h11-12,15H,5-10,18H2,1-4H3. The van der Waals surface area contributed by atoms with E-state index in [0.29, 0.717) is 5.02 Å². The maximum atomic E-state index is 6.71. The van der Waals surface area contributed by atoms with Gasteiger partial charge < -0.3 is 5.73 Å². The molecule has 2 N–H and O–H groups in total. The highest BCUT2D eigenvalue weighted by Gasteiger charge is 2.40. The Morgan fingerprint density at radius 1 is 1.33 bits per heavy atom. The van der Waals surface area contributed by atoms with Crippen molar-refractivity contribution in [1.82, 2.24) is 14.7 Å². The van der Waals surface area contributed by atoms with Gasteiger partial charge in [-0.3, -0.25) is 9.58 Å². The van der Waals surface area contributed by atoms with Gasteiger partial charge in [0.2, 0.25) is 0 Å². The normalized spacial score (nSPS) is 21.5. The molecule has 2 heterocycles. The zero-order valence-electron chi connectivity index (χ0n) is 13.8. The number of piperidine rings is 1. The minimum atomic E-state index is -0.127. The lowest BCUT2D eigenvalue weighted by atomic mass is 9.84. The molecule has 21 heavy (non-hydrogen) atoms. The summed E-state index contributed by atoms with van der Waals surface area (Å²) < 4.78 is 1.98. The van der Waals surface area contributed by atoms with Crippen LogP contribution in [0.3, 0.4) is 0 Å². The van der Waals surface area contributed by atoms with Crippen LogP contribution in [0.1, 0.15) is 71.2 Å². The molecule has 0 bridgehead atoms. The van der Waals surface area contributed by atoms with Crippen LogP contribution >= 0.6 is 11.6 Å². The second kappa shape index (κ2) is 6.67. The second-order valence-electron chi connectivity index (χ2n) is 6.65. The van der Waals surface area contributed by atoms with Crippen LogP contribution in [0.15, 0.2) is 6.20 Å². The molecule has 1 aliphatic heterocycles. The molecule has 0 amide bonds. The number of nitrogens with zero attached hydrogens (tertiary/aromatic N) is 3. The van der Waals surface area contributed by atoms with Gasteiger partial charge in [0.05, 0.1) is 23.0 Å². The van der Waals surface area contributed by atoms with Crippen molar-refractivity contribution in [3.8, 4) is 0 Å². The molecule has 1 aliphatic rings. The molecule has 0 saturated carbocycles. The lowest BCUT2D eigenvalue weighted by molar-refractivity contribution is 0.0515. The van der Waals surface area contributed by atoms with Crippen molar-refractivity contribution in [2.45, 2.75) is 71.0 Å². The molecule has 0 radical (unpaired) electrons. The van der Waals surface area contributed by atoms with E-state index in [2.05, 4.69) is 37.7 Å². The SMILES string of the molecule is CCC(C)(C(N)c1c(Cl)cnn1C(C)C)N1CCCCC1. The Morgan fingerprint density at radius 2 is 1.95 bits per heavy atom. The van der Waals surface area contributed by atoms with E-state index in [-0.39, 0.29) is 17.6 Å². The van der Waals surface area contributed by atoms with Gasteiger partial charge in [0.15, 0.2) is 0 Å². The number of rotatable bonds is 5. The van der Waals surface area contributed by atoms with Gasteiger partial charge >= 0.3 is 0 Å². The van der Waals surface area contributed by atoms with Crippen molar-refractivity contribution in [3.05, 3.63) is 16.9 Å². The van der Waals surface area contributed by atoms with Crippen molar-refractivity contribution in [2.75, 3.05) is 13.1 Å². The van der Waals surface area contributed by atoms with E-state index in [1.807, 2.05) is 4.68 Å². The minimum absolute atomic E-state index is 0.0727. The first kappa shape index (κ1) is 16.8. The Morgan fingerprint density at radius 3 is 2.48 bits per heavy atom. The summed E-state index contributed by atoms with van der Waals surface area (Å²) in [6.45, 7) is 11.0. The van der Waals surface area contributed by atoms with Crippen molar-refractivity contribution in [2.24, 2.45) is 5.73 Å². The van der Waals surface area contributed by atoms with Gasteiger partial charge in [-0.05, 0) is 53.1 Å². The molecule has 120 valence electrons. The van der Waals surface area contributed by atoms with E-state index >= 15 is 0 Å². The molecule has 1 fully saturated rings. The topological polar surface area (TPSA) is 47.1 Å².